The van der Waals surface area contributed by atoms with Crippen LogP contribution in [0.15, 0.2) is 42.5 Å². The minimum Gasteiger partial charge on any atom is -0.507 e. The number of esters is 1. The van der Waals surface area contributed by atoms with E-state index in [0.29, 0.717) is 5.69 Å². The fourth-order valence-electron chi connectivity index (χ4n) is 2.24. The molecule has 0 unspecified atom stereocenters. The van der Waals surface area contributed by atoms with Crippen molar-refractivity contribution in [3.63, 3.8) is 0 Å². The Balaban J connectivity index is 2.09. The number of ether oxygens (including phenoxy) is 1. The molecule has 0 spiro atoms. The third-order valence-corrected chi connectivity index (χ3v) is 3.83. The monoisotopic (exact) mass is 372 g/mol. The summed E-state index contributed by atoms with van der Waals surface area (Å²) in [6, 6.07) is 13.2. The number of hydrogen-bond donors (Lipinski definition) is 1. The molecule has 0 aliphatic carbocycles. The molecular weight excluding hydrogens is 356 g/mol. The summed E-state index contributed by atoms with van der Waals surface area (Å²) in [7, 11) is 0. The number of aromatic hydroxyl groups is 1. The molecule has 2 rings (SSSR count). The highest BCUT2D eigenvalue weighted by Crippen LogP contribution is 2.22. The van der Waals surface area contributed by atoms with Gasteiger partial charge in [-0.05, 0) is 37.3 Å². The Bertz CT molecular complexity index is 844. The van der Waals surface area contributed by atoms with E-state index in [2.05, 4.69) is 0 Å². The van der Waals surface area contributed by atoms with E-state index >= 15 is 0 Å². The number of nitriles is 1. The number of aryl methyl sites for hydroxylation is 1. The maximum Gasteiger partial charge on any atom is 0.342 e. The summed E-state index contributed by atoms with van der Waals surface area (Å²) in [6.07, 6.45) is 0.142. The van der Waals surface area contributed by atoms with Crippen molar-refractivity contribution >= 4 is 29.2 Å². The van der Waals surface area contributed by atoms with Gasteiger partial charge < -0.3 is 14.7 Å². The summed E-state index contributed by atoms with van der Waals surface area (Å²) in [5.74, 6) is -1.62. The summed E-state index contributed by atoms with van der Waals surface area (Å²) in [6.45, 7) is 1.58. The second-order valence-corrected chi connectivity index (χ2v) is 5.96. The first-order valence-electron chi connectivity index (χ1n) is 7.82. The number of benzene rings is 2. The molecule has 0 aromatic heterocycles. The van der Waals surface area contributed by atoms with E-state index in [0.717, 1.165) is 5.56 Å². The predicted molar refractivity (Wildman–Crippen MR) is 97.2 cm³/mol. The summed E-state index contributed by atoms with van der Waals surface area (Å²) in [5.41, 5.74) is 1.52. The van der Waals surface area contributed by atoms with Crippen molar-refractivity contribution in [1.82, 2.24) is 0 Å². The van der Waals surface area contributed by atoms with Crippen molar-refractivity contribution < 1.29 is 19.4 Å². The summed E-state index contributed by atoms with van der Waals surface area (Å²) < 4.78 is 5.00. The molecule has 6 nitrogen and oxygen atoms in total. The van der Waals surface area contributed by atoms with Crippen LogP contribution in [0.3, 0.4) is 0 Å². The van der Waals surface area contributed by atoms with E-state index in [4.69, 9.17) is 21.6 Å². The highest BCUT2D eigenvalue weighted by Gasteiger charge is 2.19. The standard InChI is InChI=1S/C19H17ClN2O4/c1-13-3-6-15(7-4-13)22(10-2-9-21)18(24)12-26-19(25)16-11-14(20)5-8-17(16)23/h3-8,11,23H,2,10,12H2,1H3. The third-order valence-electron chi connectivity index (χ3n) is 3.60. The number of anilines is 1. The molecule has 0 heterocycles. The van der Waals surface area contributed by atoms with Gasteiger partial charge in [-0.25, -0.2) is 4.79 Å². The first kappa shape index (κ1) is 19.3. The van der Waals surface area contributed by atoms with E-state index in [-0.39, 0.29) is 29.3 Å². The van der Waals surface area contributed by atoms with E-state index in [9.17, 15) is 14.7 Å². The molecule has 0 bridgehead atoms. The molecular formula is C19H17ClN2O4. The normalized spacial score (nSPS) is 10.0. The van der Waals surface area contributed by atoms with Crippen LogP contribution in [0, 0.1) is 18.3 Å². The lowest BCUT2D eigenvalue weighted by molar-refractivity contribution is -0.121. The number of phenols is 1. The molecule has 7 heteroatoms. The largest absolute Gasteiger partial charge is 0.507 e. The molecule has 2 aromatic carbocycles. The van der Waals surface area contributed by atoms with Gasteiger partial charge in [-0.2, -0.15) is 5.26 Å². The predicted octanol–water partition coefficient (Wildman–Crippen LogP) is 3.46. The first-order chi connectivity index (χ1) is 12.4. The topological polar surface area (TPSA) is 90.6 Å². The maximum atomic E-state index is 12.5. The van der Waals surface area contributed by atoms with Gasteiger partial charge in [0.1, 0.15) is 11.3 Å². The van der Waals surface area contributed by atoms with E-state index < -0.39 is 18.5 Å². The van der Waals surface area contributed by atoms with Crippen LogP contribution in [0.1, 0.15) is 22.3 Å². The average Bonchev–Trinajstić information content (AvgIpc) is 2.63. The van der Waals surface area contributed by atoms with Gasteiger partial charge in [0.05, 0.1) is 12.5 Å². The highest BCUT2D eigenvalue weighted by molar-refractivity contribution is 6.31. The maximum absolute atomic E-state index is 12.5. The van der Waals surface area contributed by atoms with Gasteiger partial charge in [0.2, 0.25) is 0 Å². The smallest absolute Gasteiger partial charge is 0.342 e. The number of phenolic OH excluding ortho intramolecular Hbond substituents is 1. The Morgan fingerprint density at radius 1 is 1.23 bits per heavy atom. The number of rotatable bonds is 6. The Hall–Kier alpha value is -3.04. The summed E-state index contributed by atoms with van der Waals surface area (Å²) >= 11 is 5.80. The lowest BCUT2D eigenvalue weighted by Crippen LogP contribution is -2.35. The van der Waals surface area contributed by atoms with Gasteiger partial charge in [0, 0.05) is 17.3 Å². The van der Waals surface area contributed by atoms with Gasteiger partial charge in [-0.15, -0.1) is 0 Å². The van der Waals surface area contributed by atoms with Crippen molar-refractivity contribution in [2.24, 2.45) is 0 Å². The molecule has 0 fully saturated rings. The number of amides is 1. The number of hydrogen-bond acceptors (Lipinski definition) is 5. The minimum absolute atomic E-state index is 0.121. The average molecular weight is 373 g/mol. The molecule has 0 aliphatic heterocycles. The molecule has 0 saturated heterocycles. The van der Waals surface area contributed by atoms with Crippen LogP contribution < -0.4 is 4.90 Å². The second kappa shape index (κ2) is 8.88. The molecule has 0 radical (unpaired) electrons. The number of carbonyl (C=O) groups excluding carboxylic acids is 2. The van der Waals surface area contributed by atoms with Crippen LogP contribution in [0.4, 0.5) is 5.69 Å². The lowest BCUT2D eigenvalue weighted by Gasteiger charge is -2.22. The molecule has 0 atom stereocenters. The van der Waals surface area contributed by atoms with Crippen LogP contribution in [0.2, 0.25) is 5.02 Å². The van der Waals surface area contributed by atoms with Crippen molar-refractivity contribution in [2.75, 3.05) is 18.1 Å². The Morgan fingerprint density at radius 3 is 2.58 bits per heavy atom. The van der Waals surface area contributed by atoms with E-state index in [1.807, 2.05) is 25.1 Å². The minimum atomic E-state index is -0.859. The van der Waals surface area contributed by atoms with E-state index in [1.165, 1.54) is 23.1 Å². The number of carbonyl (C=O) groups is 2. The SMILES string of the molecule is Cc1ccc(N(CCC#N)C(=O)COC(=O)c2cc(Cl)ccc2O)cc1. The van der Waals surface area contributed by atoms with Crippen molar-refractivity contribution in [3.8, 4) is 11.8 Å². The Labute approximate surface area is 156 Å². The zero-order valence-corrected chi connectivity index (χ0v) is 14.9. The quantitative estimate of drug-likeness (QED) is 0.784. The third kappa shape index (κ3) is 4.98. The van der Waals surface area contributed by atoms with Crippen LogP contribution in [-0.2, 0) is 9.53 Å². The first-order valence-corrected chi connectivity index (χ1v) is 8.20. The van der Waals surface area contributed by atoms with Crippen molar-refractivity contribution in [3.05, 3.63) is 58.6 Å². The molecule has 0 aliphatic rings. The molecule has 26 heavy (non-hydrogen) atoms. The van der Waals surface area contributed by atoms with Gasteiger partial charge in [-0.3, -0.25) is 4.79 Å². The fourth-order valence-corrected chi connectivity index (χ4v) is 2.41. The van der Waals surface area contributed by atoms with E-state index in [1.54, 1.807) is 12.1 Å². The van der Waals surface area contributed by atoms with Crippen LogP contribution in [0.5, 0.6) is 5.75 Å². The molecule has 1 amide bonds. The zero-order chi connectivity index (χ0) is 19.1. The summed E-state index contributed by atoms with van der Waals surface area (Å²) in [4.78, 5) is 25.9. The van der Waals surface area contributed by atoms with Crippen molar-refractivity contribution in [1.29, 1.82) is 5.26 Å². The Morgan fingerprint density at radius 2 is 1.92 bits per heavy atom. The zero-order valence-electron chi connectivity index (χ0n) is 14.1. The van der Waals surface area contributed by atoms with Crippen LogP contribution >= 0.6 is 11.6 Å². The van der Waals surface area contributed by atoms with Crippen LogP contribution in [-0.4, -0.2) is 30.1 Å². The molecule has 134 valence electrons. The number of halogens is 1. The summed E-state index contributed by atoms with van der Waals surface area (Å²) in [5, 5.41) is 18.8. The van der Waals surface area contributed by atoms with Gasteiger partial charge in [-0.1, -0.05) is 29.3 Å². The fraction of sp³-hybridized carbons (Fsp3) is 0.211. The second-order valence-electron chi connectivity index (χ2n) is 5.53. The van der Waals surface area contributed by atoms with Gasteiger partial charge in [0.25, 0.3) is 5.91 Å². The molecule has 2 aromatic rings. The lowest BCUT2D eigenvalue weighted by atomic mass is 10.2. The molecule has 0 saturated carbocycles. The van der Waals surface area contributed by atoms with Gasteiger partial charge in [0.15, 0.2) is 6.61 Å². The Kier molecular flexibility index (Phi) is 6.59. The van der Waals surface area contributed by atoms with Crippen molar-refractivity contribution in [2.45, 2.75) is 13.3 Å². The van der Waals surface area contributed by atoms with Crippen LogP contribution in [0.25, 0.3) is 0 Å². The van der Waals surface area contributed by atoms with Gasteiger partial charge >= 0.3 is 5.97 Å². The number of nitrogens with zero attached hydrogens (tertiary/aromatic N) is 2. The highest BCUT2D eigenvalue weighted by atomic mass is 35.5. The molecule has 1 N–H and O–H groups in total.